The monoisotopic (exact) mass is 581 g/mol. The van der Waals surface area contributed by atoms with E-state index in [2.05, 4.69) is 6.58 Å². The number of hydrogen-bond acceptors (Lipinski definition) is 4. The number of carboxylic acids is 3. The van der Waals surface area contributed by atoms with Gasteiger partial charge in [0, 0.05) is 5.92 Å². The number of allylic oxidation sites excluding steroid dienone is 1. The summed E-state index contributed by atoms with van der Waals surface area (Å²) in [5.74, 6) is -4.94. The maximum Gasteiger partial charge on any atom is 0.312 e. The van der Waals surface area contributed by atoms with Gasteiger partial charge in [-0.25, -0.2) is 0 Å². The molecule has 0 radical (unpaired) electrons. The molecule has 0 fully saturated rings. The molecule has 0 aromatic rings. The zero-order valence-electron chi connectivity index (χ0n) is 26.8. The molecule has 2 N–H and O–H groups in total. The van der Waals surface area contributed by atoms with E-state index in [0.29, 0.717) is 25.8 Å². The fraction of sp³-hybridized carbons (Fsp3) is 0.853. The fourth-order valence-electron chi connectivity index (χ4n) is 6.07. The second kappa shape index (κ2) is 24.7. The molecule has 0 saturated carbocycles. The minimum Gasteiger partial charge on any atom is -0.550 e. The van der Waals surface area contributed by atoms with Crippen molar-refractivity contribution in [2.45, 2.75) is 143 Å². The van der Waals surface area contributed by atoms with Crippen LogP contribution in [-0.2, 0) is 14.4 Å². The lowest BCUT2D eigenvalue weighted by molar-refractivity contribution is -0.935. The van der Waals surface area contributed by atoms with E-state index in [1.165, 1.54) is 77.0 Å². The highest BCUT2D eigenvalue weighted by molar-refractivity contribution is 5.70. The normalized spacial score (nSPS) is 15.1. The molecule has 240 valence electrons. The Kier molecular flexibility index (Phi) is 23.5. The van der Waals surface area contributed by atoms with Crippen LogP contribution in [0.3, 0.4) is 0 Å². The van der Waals surface area contributed by atoms with Crippen molar-refractivity contribution in [1.29, 1.82) is 0 Å². The molecule has 3 unspecified atom stereocenters. The fourth-order valence-corrected chi connectivity index (χ4v) is 6.07. The molecule has 7 heteroatoms. The number of carboxylic acid groups (broad SMARTS) is 3. The van der Waals surface area contributed by atoms with Gasteiger partial charge < -0.3 is 24.6 Å². The number of unbranched alkanes of at least 4 members (excludes halogenated alkanes) is 15. The Morgan fingerprint density at radius 2 is 0.927 bits per heavy atom. The Balaban J connectivity index is 4.73. The summed E-state index contributed by atoms with van der Waals surface area (Å²) in [4.78, 5) is 35.8. The summed E-state index contributed by atoms with van der Waals surface area (Å²) >= 11 is 0. The number of hydrogen-bond donors (Lipinski definition) is 2. The maximum absolute atomic E-state index is 12.0. The van der Waals surface area contributed by atoms with Gasteiger partial charge in [-0.2, -0.15) is 0 Å². The van der Waals surface area contributed by atoms with Crippen LogP contribution in [0, 0.1) is 17.8 Å². The van der Waals surface area contributed by atoms with Crippen LogP contribution in [0.4, 0.5) is 0 Å². The Morgan fingerprint density at radius 3 is 1.22 bits per heavy atom. The molecule has 0 amide bonds. The Hall–Kier alpha value is -1.89. The highest BCUT2D eigenvalue weighted by Gasteiger charge is 2.39. The highest BCUT2D eigenvalue weighted by atomic mass is 16.4. The van der Waals surface area contributed by atoms with E-state index in [1.807, 2.05) is 19.9 Å². The van der Waals surface area contributed by atoms with Gasteiger partial charge in [0.1, 0.15) is 11.8 Å². The molecule has 7 nitrogen and oxygen atoms in total. The summed E-state index contributed by atoms with van der Waals surface area (Å²) in [7, 11) is 0. The predicted octanol–water partition coefficient (Wildman–Crippen LogP) is 7.23. The van der Waals surface area contributed by atoms with Crippen molar-refractivity contribution in [3.63, 3.8) is 0 Å². The lowest BCUT2D eigenvalue weighted by Gasteiger charge is -2.44. The van der Waals surface area contributed by atoms with Gasteiger partial charge in [0.15, 0.2) is 0 Å². The van der Waals surface area contributed by atoms with Crippen LogP contribution in [0.25, 0.3) is 0 Å². The molecule has 0 saturated heterocycles. The van der Waals surface area contributed by atoms with Crippen molar-refractivity contribution in [1.82, 2.24) is 0 Å². The van der Waals surface area contributed by atoms with E-state index < -0.39 is 35.7 Å². The average Bonchev–Trinajstić information content (AvgIpc) is 2.94. The molecule has 3 atom stereocenters. The van der Waals surface area contributed by atoms with Crippen molar-refractivity contribution in [2.75, 3.05) is 26.2 Å². The minimum absolute atomic E-state index is 0.219. The topological polar surface area (TPSA) is 115 Å². The number of rotatable bonds is 30. The predicted molar refractivity (Wildman–Crippen MR) is 165 cm³/mol. The molecule has 0 bridgehead atoms. The summed E-state index contributed by atoms with van der Waals surface area (Å²) in [6.07, 6.45) is 22.9. The first-order chi connectivity index (χ1) is 19.7. The van der Waals surface area contributed by atoms with Gasteiger partial charge in [0.05, 0.1) is 32.1 Å². The third kappa shape index (κ3) is 19.0. The molecule has 0 spiro atoms. The third-order valence-electron chi connectivity index (χ3n) is 8.87. The van der Waals surface area contributed by atoms with Crippen molar-refractivity contribution in [3.8, 4) is 0 Å². The molecule has 0 rings (SSSR count). The van der Waals surface area contributed by atoms with Gasteiger partial charge in [-0.15, -0.1) is 6.58 Å². The summed E-state index contributed by atoms with van der Waals surface area (Å²) in [5.41, 5.74) is 0. The maximum atomic E-state index is 12.0. The van der Waals surface area contributed by atoms with Crippen molar-refractivity contribution in [3.05, 3.63) is 12.7 Å². The number of carbonyl (C=O) groups excluding carboxylic acids is 1. The van der Waals surface area contributed by atoms with E-state index in [0.717, 1.165) is 25.7 Å². The number of carbonyl (C=O) groups is 3. The molecule has 0 aliphatic heterocycles. The minimum atomic E-state index is -1.14. The lowest BCUT2D eigenvalue weighted by Crippen LogP contribution is -2.59. The van der Waals surface area contributed by atoms with E-state index in [1.54, 1.807) is 6.92 Å². The largest absolute Gasteiger partial charge is 0.550 e. The number of nitrogens with zero attached hydrogens (tertiary/aromatic N) is 1. The van der Waals surface area contributed by atoms with E-state index >= 15 is 0 Å². The Bertz CT molecular complexity index is 650. The molecule has 41 heavy (non-hydrogen) atoms. The average molecular weight is 582 g/mol. The van der Waals surface area contributed by atoms with Crippen LogP contribution in [0.5, 0.6) is 0 Å². The second-order valence-electron chi connectivity index (χ2n) is 12.3. The van der Waals surface area contributed by atoms with E-state index in [9.17, 15) is 29.7 Å². The molecule has 0 aromatic heterocycles. The van der Waals surface area contributed by atoms with E-state index in [4.69, 9.17) is 0 Å². The van der Waals surface area contributed by atoms with Gasteiger partial charge in [-0.3, -0.25) is 9.59 Å². The molecular formula is C34H63NO6. The van der Waals surface area contributed by atoms with E-state index in [-0.39, 0.29) is 24.1 Å². The van der Waals surface area contributed by atoms with Gasteiger partial charge in [-0.05, 0) is 44.9 Å². The second-order valence-corrected chi connectivity index (χ2v) is 12.3. The third-order valence-corrected chi connectivity index (χ3v) is 8.87. The smallest absolute Gasteiger partial charge is 0.312 e. The highest BCUT2D eigenvalue weighted by Crippen LogP contribution is 2.25. The zero-order chi connectivity index (χ0) is 30.9. The molecule has 0 heterocycles. The molecule has 0 aliphatic carbocycles. The van der Waals surface area contributed by atoms with Gasteiger partial charge in [-0.1, -0.05) is 104 Å². The molecule has 0 aromatic carbocycles. The zero-order valence-corrected chi connectivity index (χ0v) is 26.8. The summed E-state index contributed by atoms with van der Waals surface area (Å²) in [5, 5.41) is 31.5. The summed E-state index contributed by atoms with van der Waals surface area (Å²) < 4.78 is 0.219. The van der Waals surface area contributed by atoms with Crippen LogP contribution in [0.1, 0.15) is 143 Å². The number of aliphatic carboxylic acids is 3. The quantitative estimate of drug-likeness (QED) is 0.0525. The summed E-state index contributed by atoms with van der Waals surface area (Å²) in [6, 6.07) is 0. The van der Waals surface area contributed by atoms with Crippen LogP contribution < -0.4 is 5.11 Å². The Morgan fingerprint density at radius 1 is 0.610 bits per heavy atom. The molecular weight excluding hydrogens is 518 g/mol. The first kappa shape index (κ1) is 39.1. The van der Waals surface area contributed by atoms with Gasteiger partial charge >= 0.3 is 11.9 Å². The van der Waals surface area contributed by atoms with Crippen molar-refractivity contribution >= 4 is 17.9 Å². The first-order valence-electron chi connectivity index (χ1n) is 16.8. The standard InChI is InChI=1S/C34H63NO6/c1-5-9-10-11-12-13-14-15-16-17-18-19-20-21-22-23-24-25-35(26-29(6-2)32(36)37,27-30(7-3)33(38)39)28-31(8-4)34(40)41/h5,29-31H,1,6-28H2,2-4H3,(H2-,36,37,38,39,40,41). The van der Waals surface area contributed by atoms with Gasteiger partial charge in [0.2, 0.25) is 0 Å². The van der Waals surface area contributed by atoms with Crippen LogP contribution in [0.15, 0.2) is 12.7 Å². The van der Waals surface area contributed by atoms with Crippen molar-refractivity contribution in [2.24, 2.45) is 17.8 Å². The molecule has 0 aliphatic rings. The Labute approximate surface area is 251 Å². The van der Waals surface area contributed by atoms with Crippen molar-refractivity contribution < 1.29 is 34.2 Å². The van der Waals surface area contributed by atoms with Gasteiger partial charge in [0.25, 0.3) is 0 Å². The number of quaternary nitrogens is 1. The first-order valence-corrected chi connectivity index (χ1v) is 16.8. The summed E-state index contributed by atoms with van der Waals surface area (Å²) in [6.45, 7) is 10.6. The van der Waals surface area contributed by atoms with Crippen LogP contribution >= 0.6 is 0 Å². The lowest BCUT2D eigenvalue weighted by atomic mass is 9.95. The van der Waals surface area contributed by atoms with Crippen LogP contribution in [0.2, 0.25) is 0 Å². The SMILES string of the molecule is C=CCCCCCCCCCCCCCCCCC[N+](CC(CC)C(=O)[O-])(CC(CC)C(=O)O)CC(CC)C(=O)O. The van der Waals surface area contributed by atoms with Crippen LogP contribution in [-0.4, -0.2) is 58.8 Å².